The number of pyridine rings is 1. The zero-order chi connectivity index (χ0) is 15.7. The quantitative estimate of drug-likeness (QED) is 0.882. The molecule has 2 rings (SSSR count). The summed E-state index contributed by atoms with van der Waals surface area (Å²) >= 11 is 0. The molecule has 0 amide bonds. The Kier molecular flexibility index (Phi) is 4.29. The Morgan fingerprint density at radius 2 is 2.10 bits per heavy atom. The molecular weight excluding hydrogens is 299 g/mol. The van der Waals surface area contributed by atoms with Crippen LogP contribution in [0, 0.1) is 0 Å². The van der Waals surface area contributed by atoms with Crippen LogP contribution in [0.25, 0.3) is 0 Å². The molecule has 0 bridgehead atoms. The van der Waals surface area contributed by atoms with Gasteiger partial charge in [-0.1, -0.05) is 0 Å². The molecule has 0 aromatic carbocycles. The van der Waals surface area contributed by atoms with Crippen molar-refractivity contribution in [2.75, 3.05) is 0 Å². The van der Waals surface area contributed by atoms with Gasteiger partial charge in [-0.05, 0) is 44.7 Å². The summed E-state index contributed by atoms with van der Waals surface area (Å²) in [4.78, 5) is 14.6. The summed E-state index contributed by atoms with van der Waals surface area (Å²) < 4.78 is 40.5. The van der Waals surface area contributed by atoms with Gasteiger partial charge in [0.1, 0.15) is 5.67 Å². The minimum atomic E-state index is -3.90. The van der Waals surface area contributed by atoms with Crippen LogP contribution >= 0.6 is 0 Å². The Morgan fingerprint density at radius 3 is 2.67 bits per heavy atom. The molecule has 1 fully saturated rings. The molecule has 0 radical (unpaired) electrons. The SMILES string of the molecule is CC1(F)CCC(NS(=O)(=O)c2cc(C(=O)O)ccn2)CC1. The van der Waals surface area contributed by atoms with Crippen LogP contribution in [0.15, 0.2) is 23.4 Å². The summed E-state index contributed by atoms with van der Waals surface area (Å²) in [5.74, 6) is -1.22. The zero-order valence-corrected chi connectivity index (χ0v) is 12.4. The van der Waals surface area contributed by atoms with Crippen molar-refractivity contribution in [3.05, 3.63) is 23.9 Å². The summed E-state index contributed by atoms with van der Waals surface area (Å²) in [6, 6.07) is 1.87. The maximum absolute atomic E-state index is 13.7. The maximum Gasteiger partial charge on any atom is 0.335 e. The number of hydrogen-bond donors (Lipinski definition) is 2. The first-order valence-electron chi connectivity index (χ1n) is 6.60. The number of sulfonamides is 1. The Morgan fingerprint density at radius 1 is 1.48 bits per heavy atom. The lowest BCUT2D eigenvalue weighted by Crippen LogP contribution is -2.40. The van der Waals surface area contributed by atoms with Gasteiger partial charge in [-0.25, -0.2) is 27.3 Å². The van der Waals surface area contributed by atoms with E-state index in [0.29, 0.717) is 25.7 Å². The smallest absolute Gasteiger partial charge is 0.335 e. The molecule has 0 aliphatic heterocycles. The third-order valence-electron chi connectivity index (χ3n) is 3.61. The fraction of sp³-hybridized carbons (Fsp3) is 0.538. The number of carboxylic acids is 1. The monoisotopic (exact) mass is 316 g/mol. The van der Waals surface area contributed by atoms with Crippen molar-refractivity contribution in [1.82, 2.24) is 9.71 Å². The standard InChI is InChI=1S/C13H17FN2O4S/c1-13(14)5-2-10(3-6-13)16-21(19,20)11-8-9(12(17)18)4-7-15-11/h4,7-8,10,16H,2-3,5-6H2,1H3,(H,17,18). The Bertz CT molecular complexity index is 635. The number of nitrogens with zero attached hydrogens (tertiary/aromatic N) is 1. The fourth-order valence-corrected chi connectivity index (χ4v) is 3.58. The zero-order valence-electron chi connectivity index (χ0n) is 11.5. The molecule has 1 aliphatic rings. The average molecular weight is 316 g/mol. The maximum atomic E-state index is 13.7. The van der Waals surface area contributed by atoms with Gasteiger partial charge in [-0.3, -0.25) is 0 Å². The minimum Gasteiger partial charge on any atom is -0.478 e. The molecule has 1 heterocycles. The molecule has 1 aromatic heterocycles. The minimum absolute atomic E-state index is 0.148. The number of carboxylic acid groups (broad SMARTS) is 1. The molecule has 1 aliphatic carbocycles. The van der Waals surface area contributed by atoms with E-state index in [0.717, 1.165) is 12.3 Å². The highest BCUT2D eigenvalue weighted by atomic mass is 32.2. The van der Waals surface area contributed by atoms with Gasteiger partial charge in [-0.15, -0.1) is 0 Å². The highest BCUT2D eigenvalue weighted by Gasteiger charge is 2.33. The van der Waals surface area contributed by atoms with E-state index in [-0.39, 0.29) is 16.6 Å². The summed E-state index contributed by atoms with van der Waals surface area (Å²) in [6.07, 6.45) is 2.54. The molecule has 1 saturated carbocycles. The largest absolute Gasteiger partial charge is 0.478 e. The second kappa shape index (κ2) is 5.69. The predicted molar refractivity (Wildman–Crippen MR) is 73.3 cm³/mol. The molecular formula is C13H17FN2O4S. The van der Waals surface area contributed by atoms with Crippen LogP contribution < -0.4 is 4.72 Å². The fourth-order valence-electron chi connectivity index (χ4n) is 2.31. The van der Waals surface area contributed by atoms with Gasteiger partial charge in [0.2, 0.25) is 0 Å². The van der Waals surface area contributed by atoms with E-state index in [2.05, 4.69) is 9.71 Å². The van der Waals surface area contributed by atoms with E-state index in [1.807, 2.05) is 0 Å². The van der Waals surface area contributed by atoms with E-state index in [1.165, 1.54) is 13.0 Å². The van der Waals surface area contributed by atoms with Crippen LogP contribution in [-0.4, -0.2) is 36.2 Å². The molecule has 0 saturated heterocycles. The average Bonchev–Trinajstić information content (AvgIpc) is 2.41. The van der Waals surface area contributed by atoms with E-state index < -0.39 is 21.7 Å². The van der Waals surface area contributed by atoms with Crippen LogP contribution in [0.3, 0.4) is 0 Å². The first kappa shape index (κ1) is 15.8. The van der Waals surface area contributed by atoms with Crippen LogP contribution in [0.1, 0.15) is 43.0 Å². The highest BCUT2D eigenvalue weighted by molar-refractivity contribution is 7.89. The van der Waals surface area contributed by atoms with Gasteiger partial charge >= 0.3 is 5.97 Å². The van der Waals surface area contributed by atoms with Gasteiger partial charge in [0.05, 0.1) is 5.56 Å². The van der Waals surface area contributed by atoms with Crippen molar-refractivity contribution in [2.24, 2.45) is 0 Å². The molecule has 2 N–H and O–H groups in total. The lowest BCUT2D eigenvalue weighted by atomic mass is 9.85. The lowest BCUT2D eigenvalue weighted by Gasteiger charge is -2.31. The number of alkyl halides is 1. The second-order valence-corrected chi connectivity index (χ2v) is 7.16. The van der Waals surface area contributed by atoms with Gasteiger partial charge < -0.3 is 5.11 Å². The molecule has 8 heteroatoms. The summed E-state index contributed by atoms with van der Waals surface area (Å²) in [6.45, 7) is 1.51. The van der Waals surface area contributed by atoms with Crippen molar-refractivity contribution >= 4 is 16.0 Å². The molecule has 116 valence electrons. The molecule has 1 aromatic rings. The van der Waals surface area contributed by atoms with Crippen LogP contribution in [0.2, 0.25) is 0 Å². The number of hydrogen-bond acceptors (Lipinski definition) is 4. The first-order valence-corrected chi connectivity index (χ1v) is 8.08. The predicted octanol–water partition coefficient (Wildman–Crippen LogP) is 1.73. The number of nitrogens with one attached hydrogen (secondary N) is 1. The van der Waals surface area contributed by atoms with Gasteiger partial charge in [0.15, 0.2) is 5.03 Å². The topological polar surface area (TPSA) is 96.4 Å². The Hall–Kier alpha value is -1.54. The molecule has 0 spiro atoms. The van der Waals surface area contributed by atoms with Crippen LogP contribution in [0.5, 0.6) is 0 Å². The van der Waals surface area contributed by atoms with E-state index in [9.17, 15) is 17.6 Å². The van der Waals surface area contributed by atoms with Gasteiger partial charge in [0.25, 0.3) is 10.0 Å². The van der Waals surface area contributed by atoms with Crippen LogP contribution in [0.4, 0.5) is 4.39 Å². The number of aromatic nitrogens is 1. The molecule has 6 nitrogen and oxygen atoms in total. The summed E-state index contributed by atoms with van der Waals surface area (Å²) in [5.41, 5.74) is -1.39. The van der Waals surface area contributed by atoms with Crippen molar-refractivity contribution in [3.63, 3.8) is 0 Å². The third kappa shape index (κ3) is 3.98. The molecule has 0 unspecified atom stereocenters. The molecule has 21 heavy (non-hydrogen) atoms. The van der Waals surface area contributed by atoms with Crippen molar-refractivity contribution < 1.29 is 22.7 Å². The van der Waals surface area contributed by atoms with E-state index in [4.69, 9.17) is 5.11 Å². The third-order valence-corrected chi connectivity index (χ3v) is 5.02. The number of halogens is 1. The summed E-state index contributed by atoms with van der Waals surface area (Å²) in [5, 5.41) is 8.53. The molecule has 0 atom stereocenters. The normalized spacial score (nSPS) is 26.5. The van der Waals surface area contributed by atoms with Gasteiger partial charge in [-0.2, -0.15) is 0 Å². The van der Waals surface area contributed by atoms with Crippen molar-refractivity contribution in [2.45, 2.75) is 49.3 Å². The van der Waals surface area contributed by atoms with Crippen molar-refractivity contribution in [1.29, 1.82) is 0 Å². The van der Waals surface area contributed by atoms with E-state index in [1.54, 1.807) is 0 Å². The van der Waals surface area contributed by atoms with Gasteiger partial charge in [0, 0.05) is 12.2 Å². The van der Waals surface area contributed by atoms with E-state index >= 15 is 0 Å². The second-order valence-electron chi connectivity index (χ2n) is 5.50. The lowest BCUT2D eigenvalue weighted by molar-refractivity contribution is 0.0696. The van der Waals surface area contributed by atoms with Crippen LogP contribution in [-0.2, 0) is 10.0 Å². The Labute approximate surface area is 122 Å². The Balaban J connectivity index is 2.12. The number of rotatable bonds is 4. The number of aromatic carboxylic acids is 1. The first-order chi connectivity index (χ1) is 9.70. The van der Waals surface area contributed by atoms with Crippen molar-refractivity contribution in [3.8, 4) is 0 Å². The number of carbonyl (C=O) groups is 1. The highest BCUT2D eigenvalue weighted by Crippen LogP contribution is 2.31. The summed E-state index contributed by atoms with van der Waals surface area (Å²) in [7, 11) is -3.90.